The van der Waals surface area contributed by atoms with Crippen molar-refractivity contribution in [1.82, 2.24) is 5.32 Å². The minimum Gasteiger partial charge on any atom is -0.464 e. The van der Waals surface area contributed by atoms with E-state index in [-0.39, 0.29) is 11.9 Å². The lowest BCUT2D eigenvalue weighted by Crippen LogP contribution is -2.39. The maximum Gasteiger partial charge on any atom is 0.328 e. The third-order valence-electron chi connectivity index (χ3n) is 4.76. The highest BCUT2D eigenvalue weighted by Crippen LogP contribution is 2.10. The van der Waals surface area contributed by atoms with E-state index >= 15 is 0 Å². The highest BCUT2D eigenvalue weighted by molar-refractivity contribution is 5.96. The van der Waals surface area contributed by atoms with Crippen molar-refractivity contribution in [3.05, 3.63) is 35.4 Å². The smallest absolute Gasteiger partial charge is 0.328 e. The topological polar surface area (TPSA) is 55.4 Å². The fourth-order valence-corrected chi connectivity index (χ4v) is 2.93. The molecule has 0 saturated heterocycles. The van der Waals surface area contributed by atoms with Gasteiger partial charge in [0.05, 0.1) is 6.61 Å². The van der Waals surface area contributed by atoms with E-state index in [1.807, 2.05) is 19.1 Å². The van der Waals surface area contributed by atoms with Gasteiger partial charge in [0.25, 0.3) is 5.91 Å². The first kappa shape index (κ1) is 23.2. The molecule has 0 aliphatic heterocycles. The number of carbonyl (C=O) groups excluding carboxylic acids is 2. The molecule has 27 heavy (non-hydrogen) atoms. The summed E-state index contributed by atoms with van der Waals surface area (Å²) in [7, 11) is 0. The van der Waals surface area contributed by atoms with E-state index in [1.165, 1.54) is 51.4 Å². The van der Waals surface area contributed by atoms with E-state index in [2.05, 4.69) is 12.2 Å². The SMILES string of the molecule is CCCCCCCCCCCCOC(=O)C(C)NC(=O)c1ccc(C)cc1. The Balaban J connectivity index is 2.05. The molecule has 1 rings (SSSR count). The number of carbonyl (C=O) groups is 2. The normalized spacial score (nSPS) is 11.8. The number of nitrogens with one attached hydrogen (secondary N) is 1. The van der Waals surface area contributed by atoms with Gasteiger partial charge in [0.2, 0.25) is 0 Å². The second kappa shape index (κ2) is 14.2. The van der Waals surface area contributed by atoms with Crippen molar-refractivity contribution in [2.24, 2.45) is 0 Å². The number of benzene rings is 1. The quantitative estimate of drug-likeness (QED) is 0.341. The Hall–Kier alpha value is -1.84. The van der Waals surface area contributed by atoms with Gasteiger partial charge in [-0.15, -0.1) is 0 Å². The fraction of sp³-hybridized carbons (Fsp3) is 0.652. The molecule has 0 aromatic heterocycles. The molecule has 1 amide bonds. The average Bonchev–Trinajstić information content (AvgIpc) is 2.66. The second-order valence-corrected chi connectivity index (χ2v) is 7.41. The number of esters is 1. The van der Waals surface area contributed by atoms with Crippen LogP contribution in [0, 0.1) is 6.92 Å². The maximum absolute atomic E-state index is 12.1. The monoisotopic (exact) mass is 375 g/mol. The van der Waals surface area contributed by atoms with Crippen molar-refractivity contribution in [3.8, 4) is 0 Å². The molecular weight excluding hydrogens is 338 g/mol. The molecule has 0 bridgehead atoms. The lowest BCUT2D eigenvalue weighted by atomic mass is 10.1. The molecule has 4 nitrogen and oxygen atoms in total. The van der Waals surface area contributed by atoms with Crippen LogP contribution in [0.25, 0.3) is 0 Å². The molecule has 1 aromatic rings. The van der Waals surface area contributed by atoms with E-state index in [9.17, 15) is 9.59 Å². The zero-order valence-corrected chi connectivity index (χ0v) is 17.4. The first-order valence-corrected chi connectivity index (χ1v) is 10.6. The molecule has 4 heteroatoms. The number of amides is 1. The zero-order valence-electron chi connectivity index (χ0n) is 17.4. The van der Waals surface area contributed by atoms with E-state index in [0.29, 0.717) is 12.2 Å². The van der Waals surface area contributed by atoms with Gasteiger partial charge in [0.1, 0.15) is 6.04 Å². The molecule has 0 heterocycles. The van der Waals surface area contributed by atoms with E-state index in [1.54, 1.807) is 19.1 Å². The summed E-state index contributed by atoms with van der Waals surface area (Å²) < 4.78 is 5.28. The van der Waals surface area contributed by atoms with Crippen LogP contribution in [-0.2, 0) is 9.53 Å². The zero-order chi connectivity index (χ0) is 19.9. The molecule has 1 atom stereocenters. The van der Waals surface area contributed by atoms with Crippen molar-refractivity contribution in [2.75, 3.05) is 6.61 Å². The van der Waals surface area contributed by atoms with Crippen LogP contribution < -0.4 is 5.32 Å². The molecule has 0 spiro atoms. The number of hydrogen-bond donors (Lipinski definition) is 1. The third-order valence-corrected chi connectivity index (χ3v) is 4.76. The summed E-state index contributed by atoms with van der Waals surface area (Å²) in [6.07, 6.45) is 12.5. The van der Waals surface area contributed by atoms with Gasteiger partial charge in [0, 0.05) is 5.56 Å². The maximum atomic E-state index is 12.1. The molecule has 1 unspecified atom stereocenters. The van der Waals surface area contributed by atoms with E-state index < -0.39 is 6.04 Å². The van der Waals surface area contributed by atoms with E-state index in [4.69, 9.17) is 4.74 Å². The summed E-state index contributed by atoms with van der Waals surface area (Å²) in [4.78, 5) is 24.1. The van der Waals surface area contributed by atoms with Gasteiger partial charge in [-0.05, 0) is 32.4 Å². The standard InChI is InChI=1S/C23H37NO3/c1-4-5-6-7-8-9-10-11-12-13-18-27-23(26)20(3)24-22(25)21-16-14-19(2)15-17-21/h14-17,20H,4-13,18H2,1-3H3,(H,24,25). The minimum atomic E-state index is -0.637. The van der Waals surface area contributed by atoms with Crippen LogP contribution in [0.4, 0.5) is 0 Å². The number of ether oxygens (including phenoxy) is 1. The molecule has 0 saturated carbocycles. The van der Waals surface area contributed by atoms with Crippen molar-refractivity contribution < 1.29 is 14.3 Å². The third kappa shape index (κ3) is 10.8. The van der Waals surface area contributed by atoms with Crippen molar-refractivity contribution in [3.63, 3.8) is 0 Å². The van der Waals surface area contributed by atoms with Crippen LogP contribution in [-0.4, -0.2) is 24.5 Å². The highest BCUT2D eigenvalue weighted by atomic mass is 16.5. The molecule has 0 aliphatic carbocycles. The van der Waals surface area contributed by atoms with Crippen LogP contribution in [0.1, 0.15) is 94.0 Å². The van der Waals surface area contributed by atoms with Crippen molar-refractivity contribution in [2.45, 2.75) is 91.0 Å². The fourth-order valence-electron chi connectivity index (χ4n) is 2.93. The number of unbranched alkanes of at least 4 members (excludes halogenated alkanes) is 9. The molecule has 0 radical (unpaired) electrons. The molecule has 0 aliphatic rings. The lowest BCUT2D eigenvalue weighted by Gasteiger charge is -2.13. The predicted octanol–water partition coefficient (Wildman–Crippen LogP) is 5.58. The van der Waals surface area contributed by atoms with Gasteiger partial charge in [-0.25, -0.2) is 4.79 Å². The Kier molecular flexibility index (Phi) is 12.2. The Morgan fingerprint density at radius 3 is 1.96 bits per heavy atom. The summed E-state index contributed by atoms with van der Waals surface area (Å²) >= 11 is 0. The number of rotatable bonds is 14. The molecule has 1 aromatic carbocycles. The van der Waals surface area contributed by atoms with Crippen LogP contribution in [0.2, 0.25) is 0 Å². The first-order valence-electron chi connectivity index (χ1n) is 10.6. The molecule has 1 N–H and O–H groups in total. The largest absolute Gasteiger partial charge is 0.464 e. The summed E-state index contributed by atoms with van der Waals surface area (Å²) in [5, 5.41) is 2.69. The van der Waals surface area contributed by atoms with Crippen molar-refractivity contribution >= 4 is 11.9 Å². The van der Waals surface area contributed by atoms with Crippen LogP contribution >= 0.6 is 0 Å². The molecular formula is C23H37NO3. The molecule has 152 valence electrons. The molecule has 0 fully saturated rings. The Morgan fingerprint density at radius 2 is 1.41 bits per heavy atom. The van der Waals surface area contributed by atoms with Gasteiger partial charge in [-0.1, -0.05) is 82.4 Å². The number of hydrogen-bond acceptors (Lipinski definition) is 3. The predicted molar refractivity (Wildman–Crippen MR) is 111 cm³/mol. The van der Waals surface area contributed by atoms with Crippen molar-refractivity contribution in [1.29, 1.82) is 0 Å². The minimum absolute atomic E-state index is 0.251. The lowest BCUT2D eigenvalue weighted by molar-refractivity contribution is -0.145. The Morgan fingerprint density at radius 1 is 0.889 bits per heavy atom. The second-order valence-electron chi connectivity index (χ2n) is 7.41. The van der Waals surface area contributed by atoms with Gasteiger partial charge < -0.3 is 10.1 Å². The average molecular weight is 376 g/mol. The van der Waals surface area contributed by atoms with E-state index in [0.717, 1.165) is 18.4 Å². The highest BCUT2D eigenvalue weighted by Gasteiger charge is 2.17. The van der Waals surface area contributed by atoms with Crippen LogP contribution in [0.5, 0.6) is 0 Å². The van der Waals surface area contributed by atoms with Gasteiger partial charge in [0.15, 0.2) is 0 Å². The van der Waals surface area contributed by atoms with Gasteiger partial charge in [-0.3, -0.25) is 4.79 Å². The van der Waals surface area contributed by atoms with Gasteiger partial charge in [-0.2, -0.15) is 0 Å². The summed E-state index contributed by atoms with van der Waals surface area (Å²) in [5.41, 5.74) is 1.64. The van der Waals surface area contributed by atoms with Crippen LogP contribution in [0.3, 0.4) is 0 Å². The van der Waals surface area contributed by atoms with Crippen LogP contribution in [0.15, 0.2) is 24.3 Å². The number of aryl methyl sites for hydroxylation is 1. The first-order chi connectivity index (χ1) is 13.0. The Bertz CT molecular complexity index is 539. The summed E-state index contributed by atoms with van der Waals surface area (Å²) in [5.74, 6) is -0.621. The Labute approximate surface area is 165 Å². The summed E-state index contributed by atoms with van der Waals surface area (Å²) in [6.45, 7) is 6.30. The van der Waals surface area contributed by atoms with Gasteiger partial charge >= 0.3 is 5.97 Å². The summed E-state index contributed by atoms with van der Waals surface area (Å²) in [6, 6.07) is 6.63.